The van der Waals surface area contributed by atoms with E-state index < -0.39 is 17.4 Å². The second-order valence-corrected chi connectivity index (χ2v) is 11.5. The van der Waals surface area contributed by atoms with E-state index in [-0.39, 0.29) is 24.8 Å². The quantitative estimate of drug-likeness (QED) is 0.595. The van der Waals surface area contributed by atoms with Crippen molar-refractivity contribution >= 4 is 24.8 Å². The zero-order valence-electron chi connectivity index (χ0n) is 14.1. The van der Waals surface area contributed by atoms with E-state index >= 15 is 0 Å². The number of hydrogen-bond donors (Lipinski definition) is 3. The van der Waals surface area contributed by atoms with Crippen molar-refractivity contribution in [1.29, 1.82) is 0 Å². The molecule has 1 aliphatic heterocycles. The van der Waals surface area contributed by atoms with E-state index in [1.165, 1.54) is 12.8 Å². The van der Waals surface area contributed by atoms with Crippen molar-refractivity contribution in [3.05, 3.63) is 0 Å². The van der Waals surface area contributed by atoms with Crippen molar-refractivity contribution in [1.82, 2.24) is 19.3 Å². The maximum absolute atomic E-state index is 14.3. The Labute approximate surface area is 152 Å². The van der Waals surface area contributed by atoms with Crippen molar-refractivity contribution < 1.29 is 20.5 Å². The van der Waals surface area contributed by atoms with Gasteiger partial charge in [-0.3, -0.25) is 0 Å². The van der Waals surface area contributed by atoms with Gasteiger partial charge >= 0.3 is 128 Å². The summed E-state index contributed by atoms with van der Waals surface area (Å²) in [6.07, 6.45) is 4.45. The predicted molar refractivity (Wildman–Crippen MR) is 96.0 cm³/mol. The first-order chi connectivity index (χ1) is 9.61. The summed E-state index contributed by atoms with van der Waals surface area (Å²) in [5.74, 6) is 0. The van der Waals surface area contributed by atoms with Gasteiger partial charge in [-0.2, -0.15) is 0 Å². The zero-order valence-corrected chi connectivity index (χ0v) is 17.3. The summed E-state index contributed by atoms with van der Waals surface area (Å²) in [6.45, 7) is 8.14. The summed E-state index contributed by atoms with van der Waals surface area (Å²) < 4.78 is 16.5. The van der Waals surface area contributed by atoms with Gasteiger partial charge in [0.25, 0.3) is 0 Å². The van der Waals surface area contributed by atoms with Crippen LogP contribution in [-0.4, -0.2) is 55.7 Å². The summed E-state index contributed by atoms with van der Waals surface area (Å²) >= 11 is -3.16. The fourth-order valence-electron chi connectivity index (χ4n) is 2.49. The Kier molecular flexibility index (Phi) is 17.9. The topological polar surface area (TPSA) is 39.3 Å². The van der Waals surface area contributed by atoms with E-state index in [0.29, 0.717) is 0 Å². The van der Waals surface area contributed by atoms with Crippen molar-refractivity contribution in [3.63, 3.8) is 0 Å². The number of nitrogens with zero attached hydrogens (tertiary/aromatic N) is 1. The molecule has 1 fully saturated rings. The van der Waals surface area contributed by atoms with Gasteiger partial charge in [-0.15, -0.1) is 24.8 Å². The van der Waals surface area contributed by atoms with E-state index in [1.807, 2.05) is 10.5 Å². The molecule has 1 saturated heterocycles. The molecule has 0 aromatic heterocycles. The van der Waals surface area contributed by atoms with Crippen LogP contribution in [0, 0.1) is 0 Å². The van der Waals surface area contributed by atoms with Crippen LogP contribution in [0.1, 0.15) is 25.7 Å². The van der Waals surface area contributed by atoms with E-state index in [4.69, 9.17) is 0 Å². The molecule has 0 saturated carbocycles. The van der Waals surface area contributed by atoms with Crippen LogP contribution in [0.2, 0.25) is 10.5 Å². The second-order valence-electron chi connectivity index (χ2n) is 6.06. The molecule has 0 unspecified atom stereocenters. The van der Waals surface area contributed by atoms with Gasteiger partial charge in [0, 0.05) is 0 Å². The summed E-state index contributed by atoms with van der Waals surface area (Å²) in [6, 6.07) is 0. The molecule has 4 nitrogen and oxygen atoms in total. The summed E-state index contributed by atoms with van der Waals surface area (Å²) in [5.41, 5.74) is 0. The Bertz CT molecular complexity index is 229. The predicted octanol–water partition coefficient (Wildman–Crippen LogP) is 2.52. The molecule has 8 heteroatoms. The number of nitrogens with one attached hydrogen (secondary N) is 3. The minimum absolute atomic E-state index is 0. The van der Waals surface area contributed by atoms with Gasteiger partial charge in [0.05, 0.1) is 0 Å². The monoisotopic (exact) mass is 396 g/mol. The fraction of sp³-hybridized carbons (Fsp3) is 1.00. The molecule has 1 aliphatic rings. The molecular weight excluding hydrogens is 362 g/mol. The first-order valence-electron chi connectivity index (χ1n) is 8.17. The molecule has 0 bridgehead atoms. The Morgan fingerprint density at radius 1 is 0.682 bits per heavy atom. The average molecular weight is 397 g/mol. The first kappa shape index (κ1) is 25.3. The fourth-order valence-corrected chi connectivity index (χ4v) is 4.64. The molecule has 3 N–H and O–H groups in total. The maximum atomic E-state index is 14.3. The molecule has 1 heterocycles. The van der Waals surface area contributed by atoms with Gasteiger partial charge in [-0.25, -0.2) is 0 Å². The molecule has 0 spiro atoms. The van der Waals surface area contributed by atoms with Gasteiger partial charge in [0.15, 0.2) is 0 Å². The summed E-state index contributed by atoms with van der Waals surface area (Å²) in [5, 5.41) is 14.1. The Hall–Kier alpha value is 1.06. The van der Waals surface area contributed by atoms with Crippen molar-refractivity contribution in [3.8, 4) is 0 Å². The first-order valence-corrected chi connectivity index (χ1v) is 12.6. The number of hydrogen-bond acceptors (Lipinski definition) is 4. The van der Waals surface area contributed by atoms with Crippen molar-refractivity contribution in [2.45, 2.75) is 36.1 Å². The van der Waals surface area contributed by atoms with Gasteiger partial charge in [0.1, 0.15) is 0 Å². The normalized spacial score (nSPS) is 21.4. The van der Waals surface area contributed by atoms with Gasteiger partial charge < -0.3 is 0 Å². The Balaban J connectivity index is 0. The van der Waals surface area contributed by atoms with Crippen molar-refractivity contribution in [2.24, 2.45) is 0 Å². The Morgan fingerprint density at radius 2 is 1.00 bits per heavy atom. The van der Waals surface area contributed by atoms with Gasteiger partial charge in [-0.05, 0) is 0 Å². The molecule has 0 radical (unpaired) electrons. The molecule has 0 amide bonds. The van der Waals surface area contributed by atoms with Crippen LogP contribution in [0.4, 0.5) is 3.09 Å². The van der Waals surface area contributed by atoms with Crippen LogP contribution in [0.3, 0.4) is 0 Å². The second kappa shape index (κ2) is 15.6. The van der Waals surface area contributed by atoms with Crippen LogP contribution in [0.25, 0.3) is 0 Å². The van der Waals surface area contributed by atoms with Crippen LogP contribution < -0.4 is 16.0 Å². The third-order valence-electron chi connectivity index (χ3n) is 3.73. The zero-order chi connectivity index (χ0) is 14.7. The van der Waals surface area contributed by atoms with E-state index in [2.05, 4.69) is 19.3 Å². The van der Waals surface area contributed by atoms with Gasteiger partial charge in [-0.1, -0.05) is 0 Å². The molecule has 22 heavy (non-hydrogen) atoms. The third kappa shape index (κ3) is 13.5. The van der Waals surface area contributed by atoms with Crippen molar-refractivity contribution in [2.75, 3.05) is 52.4 Å². The van der Waals surface area contributed by atoms with Crippen LogP contribution >= 0.6 is 24.8 Å². The van der Waals surface area contributed by atoms with Crippen LogP contribution in [0.5, 0.6) is 0 Å². The van der Waals surface area contributed by atoms with Crippen LogP contribution in [-0.2, 0) is 17.4 Å². The number of halogens is 3. The summed E-state index contributed by atoms with van der Waals surface area (Å²) in [7, 11) is 0. The number of rotatable bonds is 1. The molecule has 136 valence electrons. The molecule has 0 aromatic rings. The average Bonchev–Trinajstić information content (AvgIpc) is 2.37. The van der Waals surface area contributed by atoms with E-state index in [1.54, 1.807) is 0 Å². The molecular formula is C14H35Cl2FN4Ti. The third-order valence-corrected chi connectivity index (χ3v) is 6.78. The molecule has 0 atom stereocenters. The van der Waals surface area contributed by atoms with Crippen LogP contribution in [0.15, 0.2) is 0 Å². The minimum atomic E-state index is -3.16. The Morgan fingerprint density at radius 3 is 1.32 bits per heavy atom. The van der Waals surface area contributed by atoms with E-state index in [9.17, 15) is 3.09 Å². The standard InChI is InChI=1S/C12H27N4.2CH3.2ClH.FH.Ti/c1-5-13-7-2-9-15-11-4-12-16-10-3-8-14-6-1;;;;;;/h13-15H,1-12H2;2*1H3;3*1H;/q-1;;;;;;+2/p-1. The summed E-state index contributed by atoms with van der Waals surface area (Å²) in [4.78, 5) is 0. The molecule has 0 aromatic carbocycles. The molecule has 0 aliphatic carbocycles. The van der Waals surface area contributed by atoms with E-state index in [0.717, 1.165) is 65.2 Å². The molecule has 1 rings (SSSR count). The van der Waals surface area contributed by atoms with Gasteiger partial charge in [0.2, 0.25) is 0 Å². The SMILES string of the molecule is Cl.Cl.[CH3][Ti]([CH3])([F])[N]1CCCNCCCNCCCNCCC1.